The Morgan fingerprint density at radius 3 is 2.76 bits per heavy atom. The molecule has 7 nitrogen and oxygen atoms in total. The summed E-state index contributed by atoms with van der Waals surface area (Å²) in [5.41, 5.74) is 0.133. The fraction of sp³-hybridized carbons (Fsp3) is 0.0714. The Kier molecular flexibility index (Phi) is 4.03. The number of methoxy groups -OCH3 is 1. The molecule has 2 aromatic rings. The van der Waals surface area contributed by atoms with Gasteiger partial charge in [-0.25, -0.2) is 4.79 Å². The van der Waals surface area contributed by atoms with Crippen molar-refractivity contribution in [2.24, 2.45) is 0 Å². The third-order valence-electron chi connectivity index (χ3n) is 2.68. The van der Waals surface area contributed by atoms with Crippen LogP contribution in [0.2, 0.25) is 0 Å². The number of carboxylic acid groups (broad SMARTS) is 1. The summed E-state index contributed by atoms with van der Waals surface area (Å²) >= 11 is 0. The topological polar surface area (TPSA) is 103 Å². The van der Waals surface area contributed by atoms with Crippen LogP contribution in [0.4, 0.5) is 5.69 Å². The third kappa shape index (κ3) is 3.27. The lowest BCUT2D eigenvalue weighted by Crippen LogP contribution is -1.93. The number of carboxylic acids is 1. The Bertz CT molecular complexity index is 716. The van der Waals surface area contributed by atoms with E-state index in [1.807, 2.05) is 0 Å². The molecule has 0 bridgehead atoms. The van der Waals surface area contributed by atoms with Gasteiger partial charge in [0.25, 0.3) is 5.69 Å². The van der Waals surface area contributed by atoms with E-state index in [1.165, 1.54) is 37.5 Å². The first-order valence-corrected chi connectivity index (χ1v) is 5.85. The summed E-state index contributed by atoms with van der Waals surface area (Å²) in [6.07, 6.45) is 2.19. The van der Waals surface area contributed by atoms with Crippen LogP contribution in [0.15, 0.2) is 40.8 Å². The van der Waals surface area contributed by atoms with Gasteiger partial charge in [0.2, 0.25) is 0 Å². The predicted octanol–water partition coefficient (Wildman–Crippen LogP) is 2.96. The Hall–Kier alpha value is -3.09. The van der Waals surface area contributed by atoms with E-state index in [0.717, 1.165) is 6.08 Å². The van der Waals surface area contributed by atoms with Crippen LogP contribution in [-0.4, -0.2) is 23.1 Å². The summed E-state index contributed by atoms with van der Waals surface area (Å²) in [7, 11) is 1.42. The molecule has 1 N–H and O–H groups in total. The minimum Gasteiger partial charge on any atom is -0.497 e. The number of ether oxygens (including phenoxy) is 1. The molecule has 0 aliphatic heterocycles. The molecule has 0 saturated carbocycles. The number of nitro benzene ring substituents is 1. The normalized spacial score (nSPS) is 10.7. The van der Waals surface area contributed by atoms with Crippen LogP contribution in [0.25, 0.3) is 17.4 Å². The van der Waals surface area contributed by atoms with Gasteiger partial charge in [-0.1, -0.05) is 0 Å². The number of benzene rings is 1. The zero-order valence-corrected chi connectivity index (χ0v) is 11.0. The molecule has 0 atom stereocenters. The van der Waals surface area contributed by atoms with Crippen LogP contribution < -0.4 is 4.74 Å². The van der Waals surface area contributed by atoms with E-state index in [0.29, 0.717) is 5.75 Å². The molecule has 108 valence electrons. The van der Waals surface area contributed by atoms with Gasteiger partial charge in [0.1, 0.15) is 17.3 Å². The molecule has 1 aromatic heterocycles. The summed E-state index contributed by atoms with van der Waals surface area (Å²) in [5, 5.41) is 19.6. The second-order valence-electron chi connectivity index (χ2n) is 4.01. The highest BCUT2D eigenvalue weighted by atomic mass is 16.6. The maximum Gasteiger partial charge on any atom is 0.328 e. The quantitative estimate of drug-likeness (QED) is 0.515. The number of nitro groups is 1. The van der Waals surface area contributed by atoms with Crippen LogP contribution >= 0.6 is 0 Å². The molecule has 21 heavy (non-hydrogen) atoms. The van der Waals surface area contributed by atoms with Crippen LogP contribution in [-0.2, 0) is 4.79 Å². The maximum atomic E-state index is 11.1. The molecule has 0 aliphatic rings. The van der Waals surface area contributed by atoms with Crippen LogP contribution in [0, 0.1) is 10.1 Å². The number of hydrogen-bond acceptors (Lipinski definition) is 5. The fourth-order valence-electron chi connectivity index (χ4n) is 1.74. The van der Waals surface area contributed by atoms with Crippen molar-refractivity contribution < 1.29 is 24.0 Å². The Morgan fingerprint density at radius 1 is 1.38 bits per heavy atom. The molecule has 0 radical (unpaired) electrons. The average Bonchev–Trinajstić information content (AvgIpc) is 2.93. The van der Waals surface area contributed by atoms with Gasteiger partial charge in [0.05, 0.1) is 23.7 Å². The predicted molar refractivity (Wildman–Crippen MR) is 74.0 cm³/mol. The summed E-state index contributed by atoms with van der Waals surface area (Å²) in [5.74, 6) is -0.182. The standard InChI is InChI=1S/C14H11NO6/c1-20-10-2-5-11(12(8-10)15(18)19)13-6-3-9(21-13)4-7-14(16)17/h2-8H,1H3,(H,16,17). The lowest BCUT2D eigenvalue weighted by molar-refractivity contribution is -0.384. The van der Waals surface area contributed by atoms with Crippen LogP contribution in [0.1, 0.15) is 5.76 Å². The minimum atomic E-state index is -1.11. The van der Waals surface area contributed by atoms with Crippen molar-refractivity contribution in [3.63, 3.8) is 0 Å². The van der Waals surface area contributed by atoms with E-state index < -0.39 is 10.9 Å². The van der Waals surface area contributed by atoms with Crippen molar-refractivity contribution in [2.75, 3.05) is 7.11 Å². The minimum absolute atomic E-state index is 0.155. The molecule has 0 saturated heterocycles. The number of nitrogens with zero attached hydrogens (tertiary/aromatic N) is 1. The Morgan fingerprint density at radius 2 is 2.14 bits per heavy atom. The van der Waals surface area contributed by atoms with Gasteiger partial charge in [-0.2, -0.15) is 0 Å². The lowest BCUT2D eigenvalue weighted by Gasteiger charge is -2.03. The molecule has 0 unspecified atom stereocenters. The van der Waals surface area contributed by atoms with Gasteiger partial charge >= 0.3 is 5.97 Å². The zero-order chi connectivity index (χ0) is 15.4. The highest BCUT2D eigenvalue weighted by Crippen LogP contribution is 2.34. The van der Waals surface area contributed by atoms with Crippen molar-refractivity contribution in [3.05, 3.63) is 52.3 Å². The summed E-state index contributed by atoms with van der Waals surface area (Å²) in [4.78, 5) is 21.0. The maximum absolute atomic E-state index is 11.1. The molecule has 2 rings (SSSR count). The number of aliphatic carboxylic acids is 1. The molecule has 0 fully saturated rings. The van der Waals surface area contributed by atoms with Gasteiger partial charge in [-0.15, -0.1) is 0 Å². The van der Waals surface area contributed by atoms with E-state index in [2.05, 4.69) is 0 Å². The Balaban J connectivity index is 2.42. The molecule has 0 amide bonds. The van der Waals surface area contributed by atoms with E-state index in [9.17, 15) is 14.9 Å². The second-order valence-corrected chi connectivity index (χ2v) is 4.01. The third-order valence-corrected chi connectivity index (χ3v) is 2.68. The fourth-order valence-corrected chi connectivity index (χ4v) is 1.74. The van der Waals surface area contributed by atoms with E-state index in [1.54, 1.807) is 6.07 Å². The monoisotopic (exact) mass is 289 g/mol. The van der Waals surface area contributed by atoms with E-state index in [4.69, 9.17) is 14.3 Å². The van der Waals surface area contributed by atoms with Crippen molar-refractivity contribution in [1.29, 1.82) is 0 Å². The SMILES string of the molecule is COc1ccc(-c2ccc(C=CC(=O)O)o2)c([N+](=O)[O-])c1. The first kappa shape index (κ1) is 14.3. The van der Waals surface area contributed by atoms with Gasteiger partial charge in [-0.05, 0) is 30.3 Å². The van der Waals surface area contributed by atoms with Gasteiger partial charge in [0.15, 0.2) is 0 Å². The van der Waals surface area contributed by atoms with Crippen LogP contribution in [0.5, 0.6) is 5.75 Å². The van der Waals surface area contributed by atoms with E-state index in [-0.39, 0.29) is 22.8 Å². The van der Waals surface area contributed by atoms with Crippen LogP contribution in [0.3, 0.4) is 0 Å². The molecule has 1 aromatic carbocycles. The lowest BCUT2D eigenvalue weighted by atomic mass is 10.1. The van der Waals surface area contributed by atoms with E-state index >= 15 is 0 Å². The molecule has 0 spiro atoms. The molecule has 7 heteroatoms. The second kappa shape index (κ2) is 5.91. The van der Waals surface area contributed by atoms with Crippen molar-refractivity contribution in [1.82, 2.24) is 0 Å². The summed E-state index contributed by atoms with van der Waals surface area (Å²) < 4.78 is 10.3. The molecule has 1 heterocycles. The van der Waals surface area contributed by atoms with Crippen molar-refractivity contribution in [2.45, 2.75) is 0 Å². The number of carbonyl (C=O) groups is 1. The summed E-state index contributed by atoms with van der Waals surface area (Å²) in [6, 6.07) is 7.46. The largest absolute Gasteiger partial charge is 0.497 e. The first-order valence-electron chi connectivity index (χ1n) is 5.85. The number of rotatable bonds is 5. The zero-order valence-electron chi connectivity index (χ0n) is 11.0. The van der Waals surface area contributed by atoms with Gasteiger partial charge in [-0.3, -0.25) is 10.1 Å². The number of furan rings is 1. The van der Waals surface area contributed by atoms with Crippen molar-refractivity contribution >= 4 is 17.7 Å². The first-order chi connectivity index (χ1) is 10.0. The Labute approximate surface area is 119 Å². The highest BCUT2D eigenvalue weighted by molar-refractivity contribution is 5.85. The number of hydrogen-bond donors (Lipinski definition) is 1. The molecular weight excluding hydrogens is 278 g/mol. The van der Waals surface area contributed by atoms with Crippen molar-refractivity contribution in [3.8, 4) is 17.1 Å². The van der Waals surface area contributed by atoms with Gasteiger partial charge < -0.3 is 14.3 Å². The smallest absolute Gasteiger partial charge is 0.328 e. The molecule has 0 aliphatic carbocycles. The molecular formula is C14H11NO6. The average molecular weight is 289 g/mol. The highest BCUT2D eigenvalue weighted by Gasteiger charge is 2.19. The van der Waals surface area contributed by atoms with Gasteiger partial charge in [0, 0.05) is 6.08 Å². The summed E-state index contributed by atoms with van der Waals surface area (Å²) in [6.45, 7) is 0.